The topological polar surface area (TPSA) is 38.1 Å². The molecule has 0 saturated heterocycles. The van der Waals surface area contributed by atoms with E-state index in [9.17, 15) is 13.6 Å². The smallest absolute Gasteiger partial charge is 0.256 e. The number of benzene rings is 2. The van der Waals surface area contributed by atoms with Crippen molar-refractivity contribution in [2.75, 3.05) is 0 Å². The SMILES string of the molecule is O=C(c1ccc(F)cc1Cl)N1Cc2cnn(Cc3ccc(F)cc3)c2C1. The van der Waals surface area contributed by atoms with Crippen LogP contribution < -0.4 is 0 Å². The molecule has 7 heteroatoms. The van der Waals surface area contributed by atoms with Gasteiger partial charge in [0.05, 0.1) is 35.6 Å². The number of rotatable bonds is 3. The summed E-state index contributed by atoms with van der Waals surface area (Å²) in [4.78, 5) is 14.3. The van der Waals surface area contributed by atoms with Crippen molar-refractivity contribution in [1.82, 2.24) is 14.7 Å². The quantitative estimate of drug-likeness (QED) is 0.695. The molecule has 0 atom stereocenters. The fraction of sp³-hybridized carbons (Fsp3) is 0.158. The van der Waals surface area contributed by atoms with E-state index in [1.54, 1.807) is 23.2 Å². The summed E-state index contributed by atoms with van der Waals surface area (Å²) in [5.74, 6) is -1.02. The van der Waals surface area contributed by atoms with Crippen LogP contribution in [-0.2, 0) is 19.6 Å². The van der Waals surface area contributed by atoms with Crippen LogP contribution in [0.2, 0.25) is 5.02 Å². The van der Waals surface area contributed by atoms with Gasteiger partial charge in [-0.15, -0.1) is 0 Å². The van der Waals surface area contributed by atoms with Crippen LogP contribution in [0.4, 0.5) is 8.78 Å². The maximum absolute atomic E-state index is 13.2. The highest BCUT2D eigenvalue weighted by molar-refractivity contribution is 6.33. The molecule has 26 heavy (non-hydrogen) atoms. The minimum Gasteiger partial charge on any atom is -0.328 e. The number of halogens is 3. The summed E-state index contributed by atoms with van der Waals surface area (Å²) in [6.45, 7) is 1.31. The first-order valence-corrected chi connectivity index (χ1v) is 8.41. The van der Waals surface area contributed by atoms with Gasteiger partial charge in [0.1, 0.15) is 11.6 Å². The Hall–Kier alpha value is -2.73. The Morgan fingerprint density at radius 3 is 2.54 bits per heavy atom. The van der Waals surface area contributed by atoms with Crippen LogP contribution in [0.1, 0.15) is 27.2 Å². The van der Waals surface area contributed by atoms with Crippen molar-refractivity contribution < 1.29 is 13.6 Å². The third-order valence-corrected chi connectivity index (χ3v) is 4.74. The van der Waals surface area contributed by atoms with Gasteiger partial charge in [-0.05, 0) is 35.9 Å². The Labute approximate surface area is 153 Å². The molecule has 2 heterocycles. The number of carbonyl (C=O) groups is 1. The molecule has 4 rings (SSSR count). The molecule has 1 amide bonds. The highest BCUT2D eigenvalue weighted by Gasteiger charge is 2.28. The van der Waals surface area contributed by atoms with Gasteiger partial charge in [-0.3, -0.25) is 9.48 Å². The lowest BCUT2D eigenvalue weighted by Crippen LogP contribution is -2.26. The predicted octanol–water partition coefficient (Wildman–Crippen LogP) is 4.02. The average molecular weight is 374 g/mol. The van der Waals surface area contributed by atoms with Crippen LogP contribution in [0, 0.1) is 11.6 Å². The van der Waals surface area contributed by atoms with Gasteiger partial charge in [-0.1, -0.05) is 23.7 Å². The largest absolute Gasteiger partial charge is 0.328 e. The van der Waals surface area contributed by atoms with Crippen molar-refractivity contribution in [2.24, 2.45) is 0 Å². The summed E-state index contributed by atoms with van der Waals surface area (Å²) in [6.07, 6.45) is 1.73. The number of nitrogens with zero attached hydrogens (tertiary/aromatic N) is 3. The second kappa shape index (κ2) is 6.53. The number of fused-ring (bicyclic) bond motifs is 1. The lowest BCUT2D eigenvalue weighted by atomic mass is 10.2. The van der Waals surface area contributed by atoms with Gasteiger partial charge in [-0.2, -0.15) is 5.10 Å². The van der Waals surface area contributed by atoms with Gasteiger partial charge in [0.15, 0.2) is 0 Å². The molecule has 1 aliphatic heterocycles. The zero-order valence-electron chi connectivity index (χ0n) is 13.6. The Morgan fingerprint density at radius 1 is 1.08 bits per heavy atom. The Morgan fingerprint density at radius 2 is 1.81 bits per heavy atom. The minimum absolute atomic E-state index is 0.0962. The normalized spacial score (nSPS) is 13.1. The maximum Gasteiger partial charge on any atom is 0.256 e. The number of amides is 1. The molecule has 0 fully saturated rings. The third kappa shape index (κ3) is 3.08. The van der Waals surface area contributed by atoms with Crippen molar-refractivity contribution in [3.8, 4) is 0 Å². The van der Waals surface area contributed by atoms with E-state index >= 15 is 0 Å². The summed E-state index contributed by atoms with van der Waals surface area (Å²) in [7, 11) is 0. The number of hydrogen-bond acceptors (Lipinski definition) is 2. The minimum atomic E-state index is -0.480. The fourth-order valence-electron chi connectivity index (χ4n) is 3.08. The molecular formula is C19H14ClF2N3O. The van der Waals surface area contributed by atoms with Gasteiger partial charge in [0.25, 0.3) is 5.91 Å². The van der Waals surface area contributed by atoms with Crippen LogP contribution in [-0.4, -0.2) is 20.6 Å². The first-order chi connectivity index (χ1) is 12.5. The van der Waals surface area contributed by atoms with Crippen molar-refractivity contribution in [2.45, 2.75) is 19.6 Å². The van der Waals surface area contributed by atoms with Crippen LogP contribution in [0.3, 0.4) is 0 Å². The summed E-state index contributed by atoms with van der Waals surface area (Å²) in [5, 5.41) is 4.46. The van der Waals surface area contributed by atoms with E-state index in [4.69, 9.17) is 11.6 Å². The number of carbonyl (C=O) groups excluding carboxylic acids is 1. The van der Waals surface area contributed by atoms with E-state index in [0.717, 1.165) is 22.9 Å². The maximum atomic E-state index is 13.2. The number of aromatic nitrogens is 2. The molecule has 0 bridgehead atoms. The molecule has 0 unspecified atom stereocenters. The second-order valence-corrected chi connectivity index (χ2v) is 6.59. The van der Waals surface area contributed by atoms with Crippen LogP contribution in [0.5, 0.6) is 0 Å². The van der Waals surface area contributed by atoms with E-state index < -0.39 is 5.82 Å². The molecule has 0 saturated carbocycles. The predicted molar refractivity (Wildman–Crippen MR) is 92.7 cm³/mol. The second-order valence-electron chi connectivity index (χ2n) is 6.19. The van der Waals surface area contributed by atoms with Crippen molar-refractivity contribution in [1.29, 1.82) is 0 Å². The summed E-state index contributed by atoms with van der Waals surface area (Å²) >= 11 is 6.00. The Kier molecular flexibility index (Phi) is 4.20. The van der Waals surface area contributed by atoms with Crippen LogP contribution in [0.15, 0.2) is 48.7 Å². The standard InChI is InChI=1S/C19H14ClF2N3O/c20-17-7-15(22)5-6-16(17)19(26)24-10-13-8-23-25(18(13)11-24)9-12-1-3-14(21)4-2-12/h1-8H,9-11H2. The third-order valence-electron chi connectivity index (χ3n) is 4.43. The molecule has 1 aliphatic rings. The molecule has 2 aromatic carbocycles. The van der Waals surface area contributed by atoms with Gasteiger partial charge in [0, 0.05) is 12.1 Å². The highest BCUT2D eigenvalue weighted by Crippen LogP contribution is 2.27. The summed E-state index contributed by atoms with van der Waals surface area (Å²) in [5.41, 5.74) is 3.08. The molecule has 0 radical (unpaired) electrons. The first-order valence-electron chi connectivity index (χ1n) is 8.03. The van der Waals surface area contributed by atoms with E-state index in [-0.39, 0.29) is 22.3 Å². The molecule has 0 spiro atoms. The molecule has 1 aromatic heterocycles. The lowest BCUT2D eigenvalue weighted by Gasteiger charge is -2.17. The number of hydrogen-bond donors (Lipinski definition) is 0. The zero-order chi connectivity index (χ0) is 18.3. The van der Waals surface area contributed by atoms with Crippen molar-refractivity contribution in [3.63, 3.8) is 0 Å². The van der Waals surface area contributed by atoms with E-state index in [2.05, 4.69) is 5.10 Å². The van der Waals surface area contributed by atoms with E-state index in [1.807, 2.05) is 4.68 Å². The van der Waals surface area contributed by atoms with Crippen molar-refractivity contribution in [3.05, 3.63) is 87.7 Å². The average Bonchev–Trinajstić information content (AvgIpc) is 3.18. The fourth-order valence-corrected chi connectivity index (χ4v) is 3.33. The van der Waals surface area contributed by atoms with E-state index in [0.29, 0.717) is 19.6 Å². The van der Waals surface area contributed by atoms with E-state index in [1.165, 1.54) is 24.3 Å². The monoisotopic (exact) mass is 373 g/mol. The Bertz CT molecular complexity index is 985. The molecule has 132 valence electrons. The molecule has 3 aromatic rings. The first kappa shape index (κ1) is 16.7. The molecule has 0 N–H and O–H groups in total. The van der Waals surface area contributed by atoms with Gasteiger partial charge in [-0.25, -0.2) is 8.78 Å². The van der Waals surface area contributed by atoms with Crippen LogP contribution >= 0.6 is 11.6 Å². The highest BCUT2D eigenvalue weighted by atomic mass is 35.5. The summed E-state index contributed by atoms with van der Waals surface area (Å²) in [6, 6.07) is 9.98. The van der Waals surface area contributed by atoms with Crippen LogP contribution in [0.25, 0.3) is 0 Å². The zero-order valence-corrected chi connectivity index (χ0v) is 14.4. The lowest BCUT2D eigenvalue weighted by molar-refractivity contribution is 0.0748. The molecule has 0 aliphatic carbocycles. The van der Waals surface area contributed by atoms with Gasteiger partial charge < -0.3 is 4.90 Å². The van der Waals surface area contributed by atoms with Gasteiger partial charge in [0.2, 0.25) is 0 Å². The Balaban J connectivity index is 1.53. The molecular weight excluding hydrogens is 360 g/mol. The van der Waals surface area contributed by atoms with Crippen molar-refractivity contribution >= 4 is 17.5 Å². The summed E-state index contributed by atoms with van der Waals surface area (Å²) < 4.78 is 28.0. The van der Waals surface area contributed by atoms with Gasteiger partial charge >= 0.3 is 0 Å². The molecule has 4 nitrogen and oxygen atoms in total.